The number of halogens is 1. The van der Waals surface area contributed by atoms with Crippen LogP contribution < -0.4 is 5.32 Å². The van der Waals surface area contributed by atoms with Crippen LogP contribution in [0.4, 0.5) is 0 Å². The summed E-state index contributed by atoms with van der Waals surface area (Å²) in [6.07, 6.45) is 3.78. The lowest BCUT2D eigenvalue weighted by Gasteiger charge is -1.99. The molecule has 0 saturated heterocycles. The highest BCUT2D eigenvalue weighted by Crippen LogP contribution is 2.31. The van der Waals surface area contributed by atoms with Gasteiger partial charge in [-0.3, -0.25) is 4.79 Å². The van der Waals surface area contributed by atoms with Crippen LogP contribution in [0.1, 0.15) is 22.5 Å². The normalized spacial score (nSPS) is 14.5. The summed E-state index contributed by atoms with van der Waals surface area (Å²) in [5.74, 6) is -0.0340. The zero-order valence-corrected chi connectivity index (χ0v) is 11.1. The minimum Gasteiger partial charge on any atom is -0.349 e. The van der Waals surface area contributed by atoms with Crippen molar-refractivity contribution in [2.45, 2.75) is 18.9 Å². The van der Waals surface area contributed by atoms with Gasteiger partial charge >= 0.3 is 0 Å². The molecular formula is C13H11ClN2OS. The van der Waals surface area contributed by atoms with Crippen LogP contribution >= 0.6 is 22.9 Å². The molecule has 3 rings (SSSR count). The van der Waals surface area contributed by atoms with E-state index in [0.717, 1.165) is 23.4 Å². The third-order valence-electron chi connectivity index (χ3n) is 2.75. The quantitative estimate of drug-likeness (QED) is 0.935. The number of thiazole rings is 1. The molecule has 0 atom stereocenters. The molecule has 1 aliphatic rings. The van der Waals surface area contributed by atoms with Crippen molar-refractivity contribution < 1.29 is 4.79 Å². The minimum absolute atomic E-state index is 0.0340. The van der Waals surface area contributed by atoms with Crippen molar-refractivity contribution in [2.24, 2.45) is 0 Å². The van der Waals surface area contributed by atoms with Crippen molar-refractivity contribution in [1.82, 2.24) is 10.3 Å². The van der Waals surface area contributed by atoms with Crippen LogP contribution in [0, 0.1) is 0 Å². The van der Waals surface area contributed by atoms with E-state index in [9.17, 15) is 4.79 Å². The summed E-state index contributed by atoms with van der Waals surface area (Å²) in [5, 5.41) is 4.38. The van der Waals surface area contributed by atoms with E-state index >= 15 is 0 Å². The summed E-state index contributed by atoms with van der Waals surface area (Å²) >= 11 is 7.48. The van der Waals surface area contributed by atoms with Crippen LogP contribution in [0.15, 0.2) is 30.5 Å². The lowest BCUT2D eigenvalue weighted by atomic mass is 10.2. The molecular weight excluding hydrogens is 268 g/mol. The molecule has 1 N–H and O–H groups in total. The highest BCUT2D eigenvalue weighted by atomic mass is 35.5. The Bertz CT molecular complexity index is 592. The average Bonchev–Trinajstić information content (AvgIpc) is 3.04. The van der Waals surface area contributed by atoms with Crippen molar-refractivity contribution in [3.05, 3.63) is 40.4 Å². The van der Waals surface area contributed by atoms with Crippen molar-refractivity contribution >= 4 is 28.8 Å². The molecule has 3 nitrogen and oxygen atoms in total. The number of carbonyl (C=O) groups is 1. The molecule has 5 heteroatoms. The number of aromatic nitrogens is 1. The number of hydrogen-bond acceptors (Lipinski definition) is 3. The predicted octanol–water partition coefficient (Wildman–Crippen LogP) is 3.36. The van der Waals surface area contributed by atoms with Gasteiger partial charge in [-0.2, -0.15) is 0 Å². The van der Waals surface area contributed by atoms with Gasteiger partial charge in [0.2, 0.25) is 0 Å². The first-order chi connectivity index (χ1) is 8.74. The first-order valence-corrected chi connectivity index (χ1v) is 6.95. The first-order valence-electron chi connectivity index (χ1n) is 5.75. The van der Waals surface area contributed by atoms with E-state index in [-0.39, 0.29) is 5.91 Å². The lowest BCUT2D eigenvalue weighted by Crippen LogP contribution is -2.24. The number of amides is 1. The van der Waals surface area contributed by atoms with Gasteiger partial charge in [-0.1, -0.05) is 29.8 Å². The van der Waals surface area contributed by atoms with Crippen LogP contribution in [0.3, 0.4) is 0 Å². The Morgan fingerprint density at radius 2 is 2.17 bits per heavy atom. The summed E-state index contributed by atoms with van der Waals surface area (Å²) < 4.78 is 0. The van der Waals surface area contributed by atoms with Crippen molar-refractivity contribution in [2.75, 3.05) is 0 Å². The summed E-state index contributed by atoms with van der Waals surface area (Å²) in [7, 11) is 0. The molecule has 92 valence electrons. The Morgan fingerprint density at radius 1 is 1.39 bits per heavy atom. The number of nitrogens with zero attached hydrogens (tertiary/aromatic N) is 1. The Morgan fingerprint density at radius 3 is 2.89 bits per heavy atom. The van der Waals surface area contributed by atoms with Gasteiger partial charge in [0.25, 0.3) is 5.91 Å². The van der Waals surface area contributed by atoms with E-state index < -0.39 is 0 Å². The van der Waals surface area contributed by atoms with Gasteiger partial charge in [-0.15, -0.1) is 11.3 Å². The highest BCUT2D eigenvalue weighted by Gasteiger charge is 2.24. The average molecular weight is 279 g/mol. The van der Waals surface area contributed by atoms with Gasteiger partial charge in [-0.05, 0) is 18.9 Å². The van der Waals surface area contributed by atoms with Crippen molar-refractivity contribution in [1.29, 1.82) is 0 Å². The Kier molecular flexibility index (Phi) is 3.06. The second-order valence-electron chi connectivity index (χ2n) is 4.26. The first kappa shape index (κ1) is 11.7. The van der Waals surface area contributed by atoms with Gasteiger partial charge in [0.1, 0.15) is 9.88 Å². The molecule has 1 aromatic heterocycles. The molecule has 0 spiro atoms. The zero-order valence-electron chi connectivity index (χ0n) is 9.52. The monoisotopic (exact) mass is 278 g/mol. The summed E-state index contributed by atoms with van der Waals surface area (Å²) in [4.78, 5) is 16.8. The number of nitrogens with one attached hydrogen (secondary N) is 1. The number of benzene rings is 1. The molecule has 0 unspecified atom stereocenters. The van der Waals surface area contributed by atoms with Gasteiger partial charge < -0.3 is 5.32 Å². The van der Waals surface area contributed by atoms with Crippen LogP contribution in [0.5, 0.6) is 0 Å². The smallest absolute Gasteiger partial charge is 0.263 e. The van der Waals surface area contributed by atoms with Gasteiger partial charge in [0, 0.05) is 11.6 Å². The molecule has 0 aliphatic heterocycles. The molecule has 0 bridgehead atoms. The maximum Gasteiger partial charge on any atom is 0.263 e. The second-order valence-corrected chi connectivity index (χ2v) is 5.70. The van der Waals surface area contributed by atoms with Crippen LogP contribution in [0.2, 0.25) is 5.02 Å². The minimum atomic E-state index is -0.0340. The topological polar surface area (TPSA) is 42.0 Å². The van der Waals surface area contributed by atoms with E-state index in [2.05, 4.69) is 10.3 Å². The lowest BCUT2D eigenvalue weighted by molar-refractivity contribution is 0.0955. The third kappa shape index (κ3) is 2.40. The van der Waals surface area contributed by atoms with Crippen LogP contribution in [0.25, 0.3) is 10.6 Å². The highest BCUT2D eigenvalue weighted by molar-refractivity contribution is 7.17. The molecule has 1 amide bonds. The number of rotatable bonds is 3. The van der Waals surface area contributed by atoms with E-state index in [0.29, 0.717) is 15.9 Å². The van der Waals surface area contributed by atoms with Gasteiger partial charge in [-0.25, -0.2) is 4.98 Å². The standard InChI is InChI=1S/C13H11ClN2OS/c14-10-4-2-1-3-9(10)13-15-7-11(18-13)12(17)16-8-5-6-8/h1-4,7-8H,5-6H2,(H,16,17). The number of hydrogen-bond donors (Lipinski definition) is 1. The summed E-state index contributed by atoms with van der Waals surface area (Å²) in [6, 6.07) is 7.88. The van der Waals surface area contributed by atoms with E-state index in [1.165, 1.54) is 11.3 Å². The molecule has 0 radical (unpaired) electrons. The Balaban J connectivity index is 1.84. The van der Waals surface area contributed by atoms with Gasteiger partial charge in [0.05, 0.1) is 11.2 Å². The van der Waals surface area contributed by atoms with Crippen molar-refractivity contribution in [3.63, 3.8) is 0 Å². The van der Waals surface area contributed by atoms with Crippen LogP contribution in [-0.2, 0) is 0 Å². The Labute approximate surface area is 114 Å². The fourth-order valence-corrected chi connectivity index (χ4v) is 2.76. The molecule has 1 saturated carbocycles. The SMILES string of the molecule is O=C(NC1CC1)c1cnc(-c2ccccc2Cl)s1. The molecule has 1 aromatic carbocycles. The molecule has 1 heterocycles. The largest absolute Gasteiger partial charge is 0.349 e. The fraction of sp³-hybridized carbons (Fsp3) is 0.231. The summed E-state index contributed by atoms with van der Waals surface area (Å²) in [5.41, 5.74) is 0.870. The van der Waals surface area contributed by atoms with Gasteiger partial charge in [0.15, 0.2) is 0 Å². The van der Waals surface area contributed by atoms with Crippen molar-refractivity contribution in [3.8, 4) is 10.6 Å². The second kappa shape index (κ2) is 4.71. The third-order valence-corrected chi connectivity index (χ3v) is 4.11. The van der Waals surface area contributed by atoms with E-state index in [4.69, 9.17) is 11.6 Å². The zero-order chi connectivity index (χ0) is 12.5. The van der Waals surface area contributed by atoms with E-state index in [1.807, 2.05) is 24.3 Å². The fourth-order valence-electron chi connectivity index (χ4n) is 1.62. The predicted molar refractivity (Wildman–Crippen MR) is 73.0 cm³/mol. The molecule has 2 aromatic rings. The maximum absolute atomic E-state index is 11.9. The maximum atomic E-state index is 11.9. The van der Waals surface area contributed by atoms with E-state index in [1.54, 1.807) is 6.20 Å². The number of carbonyl (C=O) groups excluding carboxylic acids is 1. The van der Waals surface area contributed by atoms with Crippen LogP contribution in [-0.4, -0.2) is 16.9 Å². The molecule has 1 fully saturated rings. The Hall–Kier alpha value is -1.39. The summed E-state index contributed by atoms with van der Waals surface area (Å²) in [6.45, 7) is 0. The molecule has 18 heavy (non-hydrogen) atoms. The molecule has 1 aliphatic carbocycles.